The number of hydrogen-bond acceptors (Lipinski definition) is 6. The number of carbonyl (C=O) groups is 2. The molecule has 2 amide bonds. The fraction of sp³-hybridized carbons (Fsp3) is 0.619. The molecule has 0 unspecified atom stereocenters. The standard InChI is InChI=1S/C21H29N5O4/c1-29-11-9-22-20(27)16-12-23-24-18(16)14-6-5-10-26(13-14)21(28)19-15-7-3-2-4-8-17(15)30-25-19/h12,14H,2-11,13H2,1H3,(H,22,27)(H,23,24)/t14-/m0/s1. The molecule has 2 N–H and O–H groups in total. The highest BCUT2D eigenvalue weighted by Crippen LogP contribution is 2.30. The molecule has 2 aromatic heterocycles. The van der Waals surface area contributed by atoms with Crippen LogP contribution >= 0.6 is 0 Å². The Morgan fingerprint density at radius 2 is 2.17 bits per heavy atom. The zero-order valence-corrected chi connectivity index (χ0v) is 17.4. The molecule has 0 saturated carbocycles. The summed E-state index contributed by atoms with van der Waals surface area (Å²) >= 11 is 0. The van der Waals surface area contributed by atoms with Crippen molar-refractivity contribution in [1.29, 1.82) is 0 Å². The van der Waals surface area contributed by atoms with Crippen molar-refractivity contribution in [3.05, 3.63) is 34.5 Å². The van der Waals surface area contributed by atoms with Gasteiger partial charge in [0.05, 0.1) is 24.1 Å². The van der Waals surface area contributed by atoms with Gasteiger partial charge in [0, 0.05) is 44.6 Å². The summed E-state index contributed by atoms with van der Waals surface area (Å²) in [5.74, 6) is 0.644. The first kappa shape index (κ1) is 20.6. The van der Waals surface area contributed by atoms with Gasteiger partial charge < -0.3 is 19.5 Å². The molecule has 1 saturated heterocycles. The molecular weight excluding hydrogens is 386 g/mol. The maximum atomic E-state index is 13.2. The first-order chi connectivity index (χ1) is 14.7. The molecule has 9 heteroatoms. The van der Waals surface area contributed by atoms with E-state index in [-0.39, 0.29) is 17.7 Å². The van der Waals surface area contributed by atoms with E-state index in [9.17, 15) is 9.59 Å². The Balaban J connectivity index is 1.47. The number of carbonyl (C=O) groups excluding carboxylic acids is 2. The fourth-order valence-electron chi connectivity index (χ4n) is 4.43. The number of amides is 2. The van der Waals surface area contributed by atoms with Crippen LogP contribution in [0.25, 0.3) is 0 Å². The summed E-state index contributed by atoms with van der Waals surface area (Å²) in [5.41, 5.74) is 2.76. The van der Waals surface area contributed by atoms with E-state index in [1.54, 1.807) is 13.3 Å². The maximum absolute atomic E-state index is 13.2. The Kier molecular flexibility index (Phi) is 6.47. The quantitative estimate of drug-likeness (QED) is 0.552. The number of methoxy groups -OCH3 is 1. The average Bonchev–Trinajstić information content (AvgIpc) is 3.35. The highest BCUT2D eigenvalue weighted by molar-refractivity contribution is 5.95. The number of aromatic amines is 1. The van der Waals surface area contributed by atoms with Crippen molar-refractivity contribution < 1.29 is 18.8 Å². The van der Waals surface area contributed by atoms with Crippen LogP contribution in [0.15, 0.2) is 10.7 Å². The third-order valence-electron chi connectivity index (χ3n) is 6.02. The molecule has 1 aliphatic carbocycles. The first-order valence-corrected chi connectivity index (χ1v) is 10.8. The lowest BCUT2D eigenvalue weighted by atomic mass is 9.92. The Labute approximate surface area is 175 Å². The molecule has 1 aliphatic heterocycles. The molecule has 2 aromatic rings. The van der Waals surface area contributed by atoms with E-state index >= 15 is 0 Å². The van der Waals surface area contributed by atoms with Crippen molar-refractivity contribution in [2.24, 2.45) is 0 Å². The van der Waals surface area contributed by atoms with Gasteiger partial charge in [0.2, 0.25) is 0 Å². The van der Waals surface area contributed by atoms with Gasteiger partial charge in [0.25, 0.3) is 11.8 Å². The van der Waals surface area contributed by atoms with Crippen molar-refractivity contribution in [2.45, 2.75) is 50.9 Å². The molecule has 0 spiro atoms. The minimum atomic E-state index is -0.180. The predicted molar refractivity (Wildman–Crippen MR) is 108 cm³/mol. The Hall–Kier alpha value is -2.68. The lowest BCUT2D eigenvalue weighted by Crippen LogP contribution is -2.40. The number of likely N-dealkylation sites (tertiary alicyclic amines) is 1. The van der Waals surface area contributed by atoms with E-state index in [2.05, 4.69) is 20.7 Å². The number of hydrogen-bond donors (Lipinski definition) is 2. The molecule has 0 aromatic carbocycles. The molecule has 30 heavy (non-hydrogen) atoms. The van der Waals surface area contributed by atoms with Crippen LogP contribution in [0.3, 0.4) is 0 Å². The monoisotopic (exact) mass is 415 g/mol. The van der Waals surface area contributed by atoms with Gasteiger partial charge in [0.15, 0.2) is 5.69 Å². The van der Waals surface area contributed by atoms with Crippen LogP contribution in [-0.2, 0) is 17.6 Å². The van der Waals surface area contributed by atoms with E-state index in [1.165, 1.54) is 0 Å². The van der Waals surface area contributed by atoms with E-state index < -0.39 is 0 Å². The van der Waals surface area contributed by atoms with Gasteiger partial charge in [-0.25, -0.2) is 0 Å². The second kappa shape index (κ2) is 9.42. The number of aromatic nitrogens is 3. The predicted octanol–water partition coefficient (Wildman–Crippen LogP) is 2.06. The number of ether oxygens (including phenoxy) is 1. The van der Waals surface area contributed by atoms with Crippen molar-refractivity contribution in [3.8, 4) is 0 Å². The summed E-state index contributed by atoms with van der Waals surface area (Å²) in [4.78, 5) is 27.6. The van der Waals surface area contributed by atoms with Crippen LogP contribution in [0.4, 0.5) is 0 Å². The summed E-state index contributed by atoms with van der Waals surface area (Å²) in [6.45, 7) is 2.10. The lowest BCUT2D eigenvalue weighted by Gasteiger charge is -2.32. The summed E-state index contributed by atoms with van der Waals surface area (Å²) < 4.78 is 10.5. The van der Waals surface area contributed by atoms with Crippen LogP contribution in [0.5, 0.6) is 0 Å². The molecular formula is C21H29N5O4. The van der Waals surface area contributed by atoms with E-state index in [0.717, 1.165) is 62.0 Å². The zero-order valence-electron chi connectivity index (χ0n) is 17.4. The summed E-state index contributed by atoms with van der Waals surface area (Å²) in [6.07, 6.45) is 8.30. The third-order valence-corrected chi connectivity index (χ3v) is 6.02. The molecule has 1 fully saturated rings. The van der Waals surface area contributed by atoms with Gasteiger partial charge >= 0.3 is 0 Å². The highest BCUT2D eigenvalue weighted by atomic mass is 16.5. The van der Waals surface area contributed by atoms with Crippen LogP contribution in [0.2, 0.25) is 0 Å². The Morgan fingerprint density at radius 3 is 3.03 bits per heavy atom. The van der Waals surface area contributed by atoms with Gasteiger partial charge in [-0.05, 0) is 32.1 Å². The molecule has 162 valence electrons. The first-order valence-electron chi connectivity index (χ1n) is 10.8. The number of rotatable bonds is 6. The molecule has 4 rings (SSSR count). The summed E-state index contributed by atoms with van der Waals surface area (Å²) in [6, 6.07) is 0. The van der Waals surface area contributed by atoms with Crippen molar-refractivity contribution in [2.75, 3.05) is 33.4 Å². The number of H-pyrrole nitrogens is 1. The Bertz CT molecular complexity index is 890. The van der Waals surface area contributed by atoms with Crippen LogP contribution < -0.4 is 5.32 Å². The SMILES string of the molecule is COCCNC(=O)c1cn[nH]c1[C@H]1CCCN(C(=O)c2noc3c2CCCCC3)C1. The smallest absolute Gasteiger partial charge is 0.276 e. The van der Waals surface area contributed by atoms with Gasteiger partial charge in [-0.1, -0.05) is 11.6 Å². The molecule has 0 bridgehead atoms. The van der Waals surface area contributed by atoms with Gasteiger partial charge in [-0.2, -0.15) is 5.10 Å². The summed E-state index contributed by atoms with van der Waals surface area (Å²) in [5, 5.41) is 14.0. The fourth-order valence-corrected chi connectivity index (χ4v) is 4.43. The van der Waals surface area contributed by atoms with Crippen LogP contribution in [0.1, 0.15) is 75.9 Å². The number of aryl methyl sites for hydroxylation is 1. The Morgan fingerprint density at radius 1 is 1.30 bits per heavy atom. The number of nitrogens with zero attached hydrogens (tertiary/aromatic N) is 3. The van der Waals surface area contributed by atoms with Gasteiger partial charge in [-0.15, -0.1) is 0 Å². The van der Waals surface area contributed by atoms with E-state index in [1.807, 2.05) is 4.90 Å². The largest absolute Gasteiger partial charge is 0.383 e. The number of fused-ring (bicyclic) bond motifs is 1. The van der Waals surface area contributed by atoms with E-state index in [4.69, 9.17) is 9.26 Å². The van der Waals surface area contributed by atoms with Crippen molar-refractivity contribution in [1.82, 2.24) is 25.6 Å². The molecule has 9 nitrogen and oxygen atoms in total. The highest BCUT2D eigenvalue weighted by Gasteiger charge is 2.32. The third kappa shape index (κ3) is 4.26. The van der Waals surface area contributed by atoms with Crippen molar-refractivity contribution >= 4 is 11.8 Å². The zero-order chi connectivity index (χ0) is 20.9. The van der Waals surface area contributed by atoms with Gasteiger partial charge in [0.1, 0.15) is 5.76 Å². The normalized spacial score (nSPS) is 19.2. The maximum Gasteiger partial charge on any atom is 0.276 e. The second-order valence-electron chi connectivity index (χ2n) is 8.03. The van der Waals surface area contributed by atoms with E-state index in [0.29, 0.717) is 37.5 Å². The second-order valence-corrected chi connectivity index (χ2v) is 8.03. The molecule has 1 atom stereocenters. The molecule has 3 heterocycles. The van der Waals surface area contributed by atoms with Crippen molar-refractivity contribution in [3.63, 3.8) is 0 Å². The number of nitrogens with one attached hydrogen (secondary N) is 2. The molecule has 0 radical (unpaired) electrons. The average molecular weight is 415 g/mol. The molecule has 2 aliphatic rings. The topological polar surface area (TPSA) is 113 Å². The van der Waals surface area contributed by atoms with Crippen LogP contribution in [0, 0.1) is 0 Å². The minimum Gasteiger partial charge on any atom is -0.383 e. The lowest BCUT2D eigenvalue weighted by molar-refractivity contribution is 0.0694. The summed E-state index contributed by atoms with van der Waals surface area (Å²) in [7, 11) is 1.59. The minimum absolute atomic E-state index is 0.0267. The number of piperidine rings is 1. The van der Waals surface area contributed by atoms with Crippen LogP contribution in [-0.4, -0.2) is 65.4 Å². The van der Waals surface area contributed by atoms with Gasteiger partial charge in [-0.3, -0.25) is 14.7 Å².